The van der Waals surface area contributed by atoms with E-state index in [2.05, 4.69) is 207 Å². The van der Waals surface area contributed by atoms with E-state index in [0.717, 1.165) is 58.3 Å². The standard InChI is InChI=1S/C59H45NO/c1-4-5-8-21-42-39-59(43-22-11-7-12-23-43,51-28-16-13-24-46(42)51)53-30-17-26-47-49-38-45(36-37-55(49)61-57(47)53)60(44-34-32-41(33-35-44)40-19-9-6-10-20-40)54-31-18-29-52-56(54)48-25-14-15-27-50(48)58(52,2)3/h1,5-6,8-11,13-38H,7,12,39H2,2-3H3/b8-5-,42-21+. The molecule has 0 saturated carbocycles. The van der Waals surface area contributed by atoms with Gasteiger partial charge in [0.15, 0.2) is 0 Å². The molecule has 2 heteroatoms. The second kappa shape index (κ2) is 14.4. The summed E-state index contributed by atoms with van der Waals surface area (Å²) < 4.78 is 7.09. The van der Waals surface area contributed by atoms with E-state index in [-0.39, 0.29) is 5.41 Å². The second-order valence-corrected chi connectivity index (χ2v) is 17.1. The third kappa shape index (κ3) is 5.72. The van der Waals surface area contributed by atoms with Gasteiger partial charge in [-0.2, -0.15) is 0 Å². The number of hydrogen-bond donors (Lipinski definition) is 0. The van der Waals surface area contributed by atoms with Crippen molar-refractivity contribution < 1.29 is 4.42 Å². The van der Waals surface area contributed by atoms with Gasteiger partial charge in [0.05, 0.1) is 11.1 Å². The van der Waals surface area contributed by atoms with Gasteiger partial charge in [-0.3, -0.25) is 0 Å². The van der Waals surface area contributed by atoms with Crippen LogP contribution in [-0.2, 0) is 10.8 Å². The Labute approximate surface area is 358 Å². The lowest BCUT2D eigenvalue weighted by Crippen LogP contribution is -2.27. The Bertz CT molecular complexity index is 3200. The van der Waals surface area contributed by atoms with Crippen molar-refractivity contribution in [1.29, 1.82) is 0 Å². The van der Waals surface area contributed by atoms with E-state index < -0.39 is 5.41 Å². The van der Waals surface area contributed by atoms with Crippen molar-refractivity contribution in [1.82, 2.24) is 0 Å². The van der Waals surface area contributed by atoms with Crippen molar-refractivity contribution in [3.8, 4) is 34.6 Å². The van der Waals surface area contributed by atoms with Crippen LogP contribution in [0.5, 0.6) is 0 Å². The summed E-state index contributed by atoms with van der Waals surface area (Å²) in [5.74, 6) is 2.67. The number of furan rings is 1. The molecule has 61 heavy (non-hydrogen) atoms. The third-order valence-electron chi connectivity index (χ3n) is 13.4. The molecule has 0 aliphatic heterocycles. The van der Waals surface area contributed by atoms with Crippen molar-refractivity contribution >= 4 is 44.6 Å². The number of fused-ring (bicyclic) bond motifs is 7. The smallest absolute Gasteiger partial charge is 0.139 e. The minimum Gasteiger partial charge on any atom is -0.456 e. The van der Waals surface area contributed by atoms with Gasteiger partial charge < -0.3 is 9.32 Å². The Morgan fingerprint density at radius 2 is 1.34 bits per heavy atom. The van der Waals surface area contributed by atoms with Crippen LogP contribution in [0.2, 0.25) is 0 Å². The zero-order chi connectivity index (χ0) is 41.1. The minimum atomic E-state index is -0.434. The van der Waals surface area contributed by atoms with Crippen LogP contribution < -0.4 is 4.90 Å². The average Bonchev–Trinajstić information content (AvgIpc) is 3.93. The Hall–Kier alpha value is -7.34. The van der Waals surface area contributed by atoms with Crippen molar-refractivity contribution in [2.75, 3.05) is 4.90 Å². The Balaban J connectivity index is 1.12. The Morgan fingerprint density at radius 1 is 0.639 bits per heavy atom. The zero-order valence-electron chi connectivity index (χ0n) is 34.5. The summed E-state index contributed by atoms with van der Waals surface area (Å²) in [6.45, 7) is 4.70. The molecule has 3 aliphatic rings. The van der Waals surface area contributed by atoms with Crippen LogP contribution in [0.3, 0.4) is 0 Å². The molecule has 8 aromatic rings. The van der Waals surface area contributed by atoms with Crippen molar-refractivity contribution in [2.24, 2.45) is 0 Å². The topological polar surface area (TPSA) is 16.4 Å². The van der Waals surface area contributed by atoms with Gasteiger partial charge in [0.2, 0.25) is 0 Å². The first kappa shape index (κ1) is 36.7. The normalized spacial score (nSPS) is 18.0. The molecule has 1 aromatic heterocycles. The van der Waals surface area contributed by atoms with Gasteiger partial charge in [-0.1, -0.05) is 171 Å². The first-order chi connectivity index (χ1) is 30.0. The molecule has 1 unspecified atom stereocenters. The quantitative estimate of drug-likeness (QED) is 0.150. The fourth-order valence-corrected chi connectivity index (χ4v) is 10.6. The lowest BCUT2D eigenvalue weighted by Gasteiger charge is -2.34. The van der Waals surface area contributed by atoms with Crippen molar-refractivity contribution in [2.45, 2.75) is 43.9 Å². The van der Waals surface area contributed by atoms with Crippen LogP contribution in [0.4, 0.5) is 17.1 Å². The SMILES string of the molecule is C#C/C=C\C=C1/CC(C2=CCCC=C2)(c2cccc3c2oc2ccc(N(c4ccc(-c5ccccc5)cc4)c4cccc5c4-c4ccccc4C5(C)C)cc23)c2ccccc21. The first-order valence-corrected chi connectivity index (χ1v) is 21.4. The molecule has 0 spiro atoms. The maximum absolute atomic E-state index is 7.09. The summed E-state index contributed by atoms with van der Waals surface area (Å²) in [6.07, 6.45) is 21.6. The maximum Gasteiger partial charge on any atom is 0.139 e. The van der Waals surface area contributed by atoms with Gasteiger partial charge in [0, 0.05) is 38.7 Å². The molecular formula is C59H45NO. The van der Waals surface area contributed by atoms with Crippen LogP contribution in [0.25, 0.3) is 49.8 Å². The summed E-state index contributed by atoms with van der Waals surface area (Å²) >= 11 is 0. The summed E-state index contributed by atoms with van der Waals surface area (Å²) in [5.41, 5.74) is 18.6. The van der Waals surface area contributed by atoms with Crippen LogP contribution in [0, 0.1) is 12.3 Å². The van der Waals surface area contributed by atoms with E-state index in [9.17, 15) is 0 Å². The van der Waals surface area contributed by atoms with E-state index in [1.54, 1.807) is 6.08 Å². The highest BCUT2D eigenvalue weighted by Crippen LogP contribution is 2.58. The molecule has 3 aliphatic carbocycles. The number of anilines is 3. The number of para-hydroxylation sites is 1. The summed E-state index contributed by atoms with van der Waals surface area (Å²) in [4.78, 5) is 2.45. The number of rotatable bonds is 7. The lowest BCUT2D eigenvalue weighted by molar-refractivity contribution is 0.615. The van der Waals surface area contributed by atoms with Crippen LogP contribution in [-0.4, -0.2) is 0 Å². The highest BCUT2D eigenvalue weighted by atomic mass is 16.3. The Morgan fingerprint density at radius 3 is 2.15 bits per heavy atom. The summed E-state index contributed by atoms with van der Waals surface area (Å²) in [6, 6.07) is 57.7. The van der Waals surface area contributed by atoms with Crippen molar-refractivity contribution in [3.05, 3.63) is 228 Å². The molecule has 0 saturated heterocycles. The fourth-order valence-electron chi connectivity index (χ4n) is 10.6. The molecule has 0 radical (unpaired) electrons. The van der Waals surface area contributed by atoms with Gasteiger partial charge in [-0.05, 0) is 112 Å². The fraction of sp³-hybridized carbons (Fsp3) is 0.119. The third-order valence-corrected chi connectivity index (χ3v) is 13.4. The molecule has 7 aromatic carbocycles. The molecule has 1 heterocycles. The average molecular weight is 784 g/mol. The van der Waals surface area contributed by atoms with Gasteiger partial charge in [0.25, 0.3) is 0 Å². The molecule has 1 atom stereocenters. The number of hydrogen-bond acceptors (Lipinski definition) is 2. The summed E-state index contributed by atoms with van der Waals surface area (Å²) in [5, 5.41) is 2.20. The highest BCUT2D eigenvalue weighted by Gasteiger charge is 2.46. The van der Waals surface area contributed by atoms with E-state index in [1.165, 1.54) is 61.2 Å². The van der Waals surface area contributed by atoms with E-state index >= 15 is 0 Å². The number of terminal acetylenes is 1. The zero-order valence-corrected chi connectivity index (χ0v) is 34.5. The molecule has 0 amide bonds. The van der Waals surface area contributed by atoms with Gasteiger partial charge >= 0.3 is 0 Å². The lowest BCUT2D eigenvalue weighted by atomic mass is 9.68. The molecular weight excluding hydrogens is 739 g/mol. The monoisotopic (exact) mass is 783 g/mol. The second-order valence-electron chi connectivity index (χ2n) is 17.1. The van der Waals surface area contributed by atoms with Crippen LogP contribution in [0.15, 0.2) is 204 Å². The Kier molecular flexibility index (Phi) is 8.69. The minimum absolute atomic E-state index is 0.129. The van der Waals surface area contributed by atoms with Gasteiger partial charge in [-0.25, -0.2) is 0 Å². The molecule has 292 valence electrons. The van der Waals surface area contributed by atoms with Gasteiger partial charge in [-0.15, -0.1) is 6.42 Å². The number of benzene rings is 7. The van der Waals surface area contributed by atoms with E-state index in [1.807, 2.05) is 6.08 Å². The molecule has 0 fully saturated rings. The number of allylic oxidation sites excluding steroid dienone is 8. The summed E-state index contributed by atoms with van der Waals surface area (Å²) in [7, 11) is 0. The highest BCUT2D eigenvalue weighted by molar-refractivity contribution is 6.09. The molecule has 0 bridgehead atoms. The van der Waals surface area contributed by atoms with Crippen LogP contribution >= 0.6 is 0 Å². The largest absolute Gasteiger partial charge is 0.456 e. The van der Waals surface area contributed by atoms with Gasteiger partial charge in [0.1, 0.15) is 11.2 Å². The first-order valence-electron chi connectivity index (χ1n) is 21.4. The molecule has 0 N–H and O–H groups in total. The number of nitrogens with zero attached hydrogens (tertiary/aromatic N) is 1. The van der Waals surface area contributed by atoms with E-state index in [4.69, 9.17) is 10.8 Å². The van der Waals surface area contributed by atoms with E-state index in [0.29, 0.717) is 0 Å². The van der Waals surface area contributed by atoms with Crippen LogP contribution in [0.1, 0.15) is 60.9 Å². The maximum atomic E-state index is 7.09. The molecule has 11 rings (SSSR count). The predicted octanol–water partition coefficient (Wildman–Crippen LogP) is 15.6. The van der Waals surface area contributed by atoms with Crippen molar-refractivity contribution in [3.63, 3.8) is 0 Å². The predicted molar refractivity (Wildman–Crippen MR) is 256 cm³/mol. The molecule has 2 nitrogen and oxygen atoms in total.